The lowest BCUT2D eigenvalue weighted by Gasteiger charge is -2.27. The number of halogens is 1. The first-order valence-corrected chi connectivity index (χ1v) is 10.1. The first-order valence-electron chi connectivity index (χ1n) is 5.49. The third-order valence-electron chi connectivity index (χ3n) is 2.44. The predicted octanol–water partition coefficient (Wildman–Crippen LogP) is 3.69. The zero-order valence-corrected chi connectivity index (χ0v) is 13.4. The van der Waals surface area contributed by atoms with Gasteiger partial charge in [0.15, 0.2) is 14.1 Å². The Balaban J connectivity index is 2.76. The third kappa shape index (κ3) is 4.14. The molecule has 0 aliphatic heterocycles. The van der Waals surface area contributed by atoms with E-state index in [1.165, 1.54) is 5.57 Å². The molecule has 0 aromatic heterocycles. The fourth-order valence-corrected chi connectivity index (χ4v) is 3.34. The monoisotopic (exact) mass is 350 g/mol. The number of allylic oxidation sites excluding steroid dienone is 2. The molecule has 90 valence electrons. The molecule has 0 fully saturated rings. The highest BCUT2D eigenvalue weighted by molar-refractivity contribution is 14.1. The SMILES string of the molecule is CC1=CC(=O)[C@H]([C@@H](/C=C\I)O[Si](C)(C)C)C1. The number of rotatable bonds is 4. The zero-order valence-electron chi connectivity index (χ0n) is 10.3. The summed E-state index contributed by atoms with van der Waals surface area (Å²) in [6.45, 7) is 8.47. The van der Waals surface area contributed by atoms with Gasteiger partial charge < -0.3 is 4.43 Å². The van der Waals surface area contributed by atoms with Crippen LogP contribution in [0.3, 0.4) is 0 Å². The van der Waals surface area contributed by atoms with Crippen molar-refractivity contribution in [3.63, 3.8) is 0 Å². The Morgan fingerprint density at radius 3 is 2.56 bits per heavy atom. The largest absolute Gasteiger partial charge is 0.411 e. The summed E-state index contributed by atoms with van der Waals surface area (Å²) in [6, 6.07) is 0. The fraction of sp³-hybridized carbons (Fsp3) is 0.583. The smallest absolute Gasteiger partial charge is 0.184 e. The quantitative estimate of drug-likeness (QED) is 0.571. The summed E-state index contributed by atoms with van der Waals surface area (Å²) in [6.07, 6.45) is 4.56. The molecular formula is C12H19IO2Si. The highest BCUT2D eigenvalue weighted by Crippen LogP contribution is 2.28. The molecule has 16 heavy (non-hydrogen) atoms. The predicted molar refractivity (Wildman–Crippen MR) is 78.3 cm³/mol. The molecule has 0 N–H and O–H groups in total. The van der Waals surface area contributed by atoms with Crippen LogP contribution in [0.1, 0.15) is 13.3 Å². The van der Waals surface area contributed by atoms with Crippen molar-refractivity contribution in [1.82, 2.24) is 0 Å². The van der Waals surface area contributed by atoms with Crippen LogP contribution in [0.15, 0.2) is 21.8 Å². The van der Waals surface area contributed by atoms with Crippen LogP contribution in [0.2, 0.25) is 19.6 Å². The van der Waals surface area contributed by atoms with Crippen LogP contribution >= 0.6 is 22.6 Å². The summed E-state index contributed by atoms with van der Waals surface area (Å²) in [5, 5.41) is 0. The molecule has 1 rings (SSSR count). The van der Waals surface area contributed by atoms with Crippen molar-refractivity contribution in [2.24, 2.45) is 5.92 Å². The van der Waals surface area contributed by atoms with E-state index >= 15 is 0 Å². The minimum Gasteiger partial charge on any atom is -0.411 e. The minimum atomic E-state index is -1.61. The Bertz CT molecular complexity index is 328. The summed E-state index contributed by atoms with van der Waals surface area (Å²) in [4.78, 5) is 11.8. The maximum Gasteiger partial charge on any atom is 0.184 e. The second-order valence-corrected chi connectivity index (χ2v) is 10.4. The van der Waals surface area contributed by atoms with Gasteiger partial charge in [-0.05, 0) is 43.1 Å². The lowest BCUT2D eigenvalue weighted by atomic mass is 9.98. The Morgan fingerprint density at radius 2 is 2.19 bits per heavy atom. The van der Waals surface area contributed by atoms with E-state index in [1.807, 2.05) is 17.1 Å². The van der Waals surface area contributed by atoms with Crippen LogP contribution in [-0.4, -0.2) is 20.2 Å². The Labute approximate surface area is 112 Å². The molecule has 4 heteroatoms. The molecule has 2 nitrogen and oxygen atoms in total. The molecule has 0 spiro atoms. The van der Waals surface area contributed by atoms with Crippen molar-refractivity contribution in [3.8, 4) is 0 Å². The number of carbonyl (C=O) groups excluding carboxylic acids is 1. The van der Waals surface area contributed by atoms with Crippen LogP contribution in [0.5, 0.6) is 0 Å². The molecule has 0 unspecified atom stereocenters. The van der Waals surface area contributed by atoms with Crippen molar-refractivity contribution in [2.45, 2.75) is 39.1 Å². The van der Waals surface area contributed by atoms with E-state index in [4.69, 9.17) is 4.43 Å². The molecule has 0 heterocycles. The van der Waals surface area contributed by atoms with Gasteiger partial charge in [-0.1, -0.05) is 34.2 Å². The lowest BCUT2D eigenvalue weighted by molar-refractivity contribution is -0.119. The van der Waals surface area contributed by atoms with Crippen molar-refractivity contribution in [2.75, 3.05) is 0 Å². The Kier molecular flexibility index (Phi) is 4.94. The van der Waals surface area contributed by atoms with Gasteiger partial charge in [-0.25, -0.2) is 0 Å². The summed E-state index contributed by atoms with van der Waals surface area (Å²) in [5.74, 6) is 0.216. The van der Waals surface area contributed by atoms with Crippen molar-refractivity contribution in [1.29, 1.82) is 0 Å². The van der Waals surface area contributed by atoms with Gasteiger partial charge in [-0.15, -0.1) is 0 Å². The number of hydrogen-bond acceptors (Lipinski definition) is 2. The van der Waals surface area contributed by atoms with Gasteiger partial charge in [0.05, 0.1) is 12.0 Å². The van der Waals surface area contributed by atoms with Gasteiger partial charge in [0.1, 0.15) is 0 Å². The topological polar surface area (TPSA) is 26.3 Å². The van der Waals surface area contributed by atoms with Crippen molar-refractivity contribution < 1.29 is 9.22 Å². The average molecular weight is 350 g/mol. The number of hydrogen-bond donors (Lipinski definition) is 0. The van der Waals surface area contributed by atoms with E-state index in [-0.39, 0.29) is 17.8 Å². The summed E-state index contributed by atoms with van der Waals surface area (Å²) >= 11 is 2.18. The minimum absolute atomic E-state index is 0.00209. The normalized spacial score (nSPS) is 23.9. The van der Waals surface area contributed by atoms with Gasteiger partial charge >= 0.3 is 0 Å². The summed E-state index contributed by atoms with van der Waals surface area (Å²) < 4.78 is 8.02. The van der Waals surface area contributed by atoms with E-state index in [0.717, 1.165) is 6.42 Å². The second kappa shape index (κ2) is 5.60. The van der Waals surface area contributed by atoms with Gasteiger partial charge in [-0.2, -0.15) is 0 Å². The fourth-order valence-electron chi connectivity index (χ4n) is 1.87. The van der Waals surface area contributed by atoms with Gasteiger partial charge in [0.2, 0.25) is 0 Å². The van der Waals surface area contributed by atoms with E-state index in [9.17, 15) is 4.79 Å². The molecular weight excluding hydrogens is 331 g/mol. The van der Waals surface area contributed by atoms with Gasteiger partial charge in [0, 0.05) is 0 Å². The van der Waals surface area contributed by atoms with E-state index in [0.29, 0.717) is 0 Å². The molecule has 0 saturated heterocycles. The molecule has 0 saturated carbocycles. The van der Waals surface area contributed by atoms with Crippen LogP contribution in [0.25, 0.3) is 0 Å². The first-order chi connectivity index (χ1) is 7.33. The van der Waals surface area contributed by atoms with Crippen LogP contribution in [-0.2, 0) is 9.22 Å². The molecule has 1 aliphatic carbocycles. The molecule has 0 aromatic carbocycles. The number of carbonyl (C=O) groups is 1. The van der Waals surface area contributed by atoms with Crippen LogP contribution in [0, 0.1) is 5.92 Å². The molecule has 0 bridgehead atoms. The molecule has 1 aliphatic rings. The highest BCUT2D eigenvalue weighted by Gasteiger charge is 2.33. The van der Waals surface area contributed by atoms with Crippen LogP contribution in [0.4, 0.5) is 0 Å². The zero-order chi connectivity index (χ0) is 12.3. The first kappa shape index (κ1) is 14.1. The maximum atomic E-state index is 11.8. The highest BCUT2D eigenvalue weighted by atomic mass is 127. The standard InChI is InChI=1S/C12H19IO2Si/c1-9-7-10(11(14)8-9)12(5-6-13)15-16(2,3)4/h5-6,8,10,12H,7H2,1-4H3/b6-5-/t10-,12-/m1/s1. The van der Waals surface area contributed by atoms with Crippen molar-refractivity contribution in [3.05, 3.63) is 21.8 Å². The second-order valence-electron chi connectivity index (χ2n) is 5.22. The van der Waals surface area contributed by atoms with Gasteiger partial charge in [-0.3, -0.25) is 4.79 Å². The Morgan fingerprint density at radius 1 is 1.56 bits per heavy atom. The van der Waals surface area contributed by atoms with E-state index in [1.54, 1.807) is 6.08 Å². The van der Waals surface area contributed by atoms with E-state index < -0.39 is 8.32 Å². The molecule has 2 atom stereocenters. The lowest BCUT2D eigenvalue weighted by Crippen LogP contribution is -2.36. The summed E-state index contributed by atoms with van der Waals surface area (Å²) in [7, 11) is -1.61. The molecule has 0 radical (unpaired) electrons. The Hall–Kier alpha value is 0.0569. The maximum absolute atomic E-state index is 11.8. The van der Waals surface area contributed by atoms with Crippen molar-refractivity contribution >= 4 is 36.7 Å². The molecule has 0 amide bonds. The number of ketones is 1. The van der Waals surface area contributed by atoms with E-state index in [2.05, 4.69) is 42.2 Å². The average Bonchev–Trinajstić information content (AvgIpc) is 2.42. The summed E-state index contributed by atoms with van der Waals surface area (Å²) in [5.41, 5.74) is 1.17. The molecule has 0 aromatic rings. The van der Waals surface area contributed by atoms with Gasteiger partial charge in [0.25, 0.3) is 0 Å². The third-order valence-corrected chi connectivity index (χ3v) is 3.84. The van der Waals surface area contributed by atoms with Crippen LogP contribution < -0.4 is 0 Å².